The Hall–Kier alpha value is -1.40. The number of benzene rings is 1. The van der Waals surface area contributed by atoms with E-state index in [1.54, 1.807) is 6.92 Å². The average molecular weight is 325 g/mol. The zero-order valence-corrected chi connectivity index (χ0v) is 11.8. The van der Waals surface area contributed by atoms with Gasteiger partial charge in [0.2, 0.25) is 0 Å². The van der Waals surface area contributed by atoms with Crippen molar-refractivity contribution in [3.8, 4) is 0 Å². The fraction of sp³-hybridized carbons (Fsp3) is 0.0833. The molecule has 0 atom stereocenters. The molecule has 1 aromatic carbocycles. The van der Waals surface area contributed by atoms with Crippen LogP contribution < -0.4 is 0 Å². The molecule has 6 heteroatoms. The predicted molar refractivity (Wildman–Crippen MR) is 72.0 cm³/mol. The molecule has 92 valence electrons. The van der Waals surface area contributed by atoms with Gasteiger partial charge in [-0.3, -0.25) is 0 Å². The first kappa shape index (κ1) is 13.0. The number of carbonyl (C=O) groups is 1. The van der Waals surface area contributed by atoms with Crippen molar-refractivity contribution in [2.45, 2.75) is 17.0 Å². The Balaban J connectivity index is 2.25. The molecular formula is C12H9BrN2O2S. The van der Waals surface area contributed by atoms with Crippen LogP contribution in [-0.2, 0) is 0 Å². The topological polar surface area (TPSA) is 63.1 Å². The molecule has 2 aromatic rings. The summed E-state index contributed by atoms with van der Waals surface area (Å²) in [5.41, 5.74) is 0.601. The summed E-state index contributed by atoms with van der Waals surface area (Å²) in [6.07, 6.45) is 1.34. The lowest BCUT2D eigenvalue weighted by Crippen LogP contribution is -2.03. The first-order valence-electron chi connectivity index (χ1n) is 5.06. The molecule has 0 amide bonds. The number of hydrogen-bond donors (Lipinski definition) is 1. The van der Waals surface area contributed by atoms with Crippen molar-refractivity contribution in [1.29, 1.82) is 0 Å². The molecule has 2 rings (SSSR count). The highest BCUT2D eigenvalue weighted by Crippen LogP contribution is 2.27. The molecule has 0 saturated carbocycles. The maximum atomic E-state index is 10.8. The van der Waals surface area contributed by atoms with E-state index in [1.165, 1.54) is 18.0 Å². The molecule has 0 aliphatic heterocycles. The third kappa shape index (κ3) is 3.08. The normalized spacial score (nSPS) is 10.3. The fourth-order valence-corrected chi connectivity index (χ4v) is 2.72. The Kier molecular flexibility index (Phi) is 3.98. The summed E-state index contributed by atoms with van der Waals surface area (Å²) in [6.45, 7) is 1.66. The van der Waals surface area contributed by atoms with Crippen LogP contribution in [0.3, 0.4) is 0 Å². The first-order chi connectivity index (χ1) is 8.56. The van der Waals surface area contributed by atoms with Crippen molar-refractivity contribution < 1.29 is 9.90 Å². The van der Waals surface area contributed by atoms with Gasteiger partial charge in [0, 0.05) is 15.6 Å². The standard InChI is InChI=1S/C12H9BrN2O2S/c1-7-10(11(16)17)6-14-12(15-7)18-9-4-2-3-8(13)5-9/h2-6H,1H3,(H,16,17). The molecular weight excluding hydrogens is 316 g/mol. The zero-order valence-electron chi connectivity index (χ0n) is 9.42. The molecule has 0 unspecified atom stereocenters. The molecule has 1 heterocycles. The number of aromatic nitrogens is 2. The van der Waals surface area contributed by atoms with Gasteiger partial charge in [-0.2, -0.15) is 0 Å². The van der Waals surface area contributed by atoms with Gasteiger partial charge in [-0.05, 0) is 36.9 Å². The summed E-state index contributed by atoms with van der Waals surface area (Å²) in [4.78, 5) is 20.1. The van der Waals surface area contributed by atoms with E-state index in [0.717, 1.165) is 9.37 Å². The number of rotatable bonds is 3. The zero-order chi connectivity index (χ0) is 13.1. The summed E-state index contributed by atoms with van der Waals surface area (Å²) in [6, 6.07) is 7.75. The van der Waals surface area contributed by atoms with Crippen molar-refractivity contribution in [2.24, 2.45) is 0 Å². The largest absolute Gasteiger partial charge is 0.478 e. The van der Waals surface area contributed by atoms with E-state index < -0.39 is 5.97 Å². The van der Waals surface area contributed by atoms with E-state index in [9.17, 15) is 4.79 Å². The average Bonchev–Trinajstić information content (AvgIpc) is 2.28. The van der Waals surface area contributed by atoms with Crippen molar-refractivity contribution in [3.63, 3.8) is 0 Å². The highest BCUT2D eigenvalue weighted by atomic mass is 79.9. The minimum atomic E-state index is -1.01. The summed E-state index contributed by atoms with van der Waals surface area (Å²) >= 11 is 4.78. The highest BCUT2D eigenvalue weighted by Gasteiger charge is 2.10. The maximum Gasteiger partial charge on any atom is 0.339 e. The minimum absolute atomic E-state index is 0.133. The van der Waals surface area contributed by atoms with Crippen LogP contribution >= 0.6 is 27.7 Å². The smallest absolute Gasteiger partial charge is 0.339 e. The summed E-state index contributed by atoms with van der Waals surface area (Å²) in [5.74, 6) is -1.01. The fourth-order valence-electron chi connectivity index (χ4n) is 1.34. The molecule has 0 spiro atoms. The third-order valence-electron chi connectivity index (χ3n) is 2.19. The van der Waals surface area contributed by atoms with Gasteiger partial charge in [0.1, 0.15) is 0 Å². The van der Waals surface area contributed by atoms with E-state index in [1.807, 2.05) is 24.3 Å². The van der Waals surface area contributed by atoms with E-state index in [4.69, 9.17) is 5.11 Å². The SMILES string of the molecule is Cc1nc(Sc2cccc(Br)c2)ncc1C(=O)O. The van der Waals surface area contributed by atoms with Crippen LogP contribution in [0, 0.1) is 6.92 Å². The number of carboxylic acid groups (broad SMARTS) is 1. The number of aryl methyl sites for hydroxylation is 1. The second-order valence-electron chi connectivity index (χ2n) is 3.52. The minimum Gasteiger partial charge on any atom is -0.478 e. The van der Waals surface area contributed by atoms with Crippen molar-refractivity contribution >= 4 is 33.7 Å². The van der Waals surface area contributed by atoms with Crippen LogP contribution in [0.4, 0.5) is 0 Å². The molecule has 0 fully saturated rings. The molecule has 0 radical (unpaired) electrons. The molecule has 0 saturated heterocycles. The number of aromatic carboxylic acids is 1. The van der Waals surface area contributed by atoms with Gasteiger partial charge in [0.15, 0.2) is 5.16 Å². The van der Waals surface area contributed by atoms with E-state index >= 15 is 0 Å². The summed E-state index contributed by atoms with van der Waals surface area (Å²) in [5, 5.41) is 9.43. The summed E-state index contributed by atoms with van der Waals surface area (Å²) < 4.78 is 0.978. The van der Waals surface area contributed by atoms with Gasteiger partial charge in [0.05, 0.1) is 11.3 Å². The molecule has 4 nitrogen and oxygen atoms in total. The highest BCUT2D eigenvalue weighted by molar-refractivity contribution is 9.10. The predicted octanol–water partition coefficient (Wildman–Crippen LogP) is 3.40. The molecule has 0 bridgehead atoms. The summed E-state index contributed by atoms with van der Waals surface area (Å²) in [7, 11) is 0. The Labute approximate surface area is 117 Å². The van der Waals surface area contributed by atoms with Crippen LogP contribution in [0.25, 0.3) is 0 Å². The van der Waals surface area contributed by atoms with Gasteiger partial charge in [-0.1, -0.05) is 22.0 Å². The van der Waals surface area contributed by atoms with E-state index in [2.05, 4.69) is 25.9 Å². The Morgan fingerprint density at radius 2 is 2.22 bits per heavy atom. The Morgan fingerprint density at radius 3 is 2.83 bits per heavy atom. The Bertz CT molecular complexity index is 604. The Morgan fingerprint density at radius 1 is 1.44 bits per heavy atom. The van der Waals surface area contributed by atoms with Gasteiger partial charge in [0.25, 0.3) is 0 Å². The first-order valence-corrected chi connectivity index (χ1v) is 6.67. The number of halogens is 1. The van der Waals surface area contributed by atoms with Crippen LogP contribution in [0.2, 0.25) is 0 Å². The molecule has 1 N–H and O–H groups in total. The molecule has 1 aromatic heterocycles. The van der Waals surface area contributed by atoms with Gasteiger partial charge >= 0.3 is 5.97 Å². The lowest BCUT2D eigenvalue weighted by atomic mass is 10.2. The van der Waals surface area contributed by atoms with Crippen LogP contribution in [-0.4, -0.2) is 21.0 Å². The molecule has 0 aliphatic carbocycles. The monoisotopic (exact) mass is 324 g/mol. The number of nitrogens with zero attached hydrogens (tertiary/aromatic N) is 2. The maximum absolute atomic E-state index is 10.8. The quantitative estimate of drug-likeness (QED) is 0.877. The van der Waals surface area contributed by atoms with Crippen molar-refractivity contribution in [3.05, 3.63) is 46.2 Å². The second kappa shape index (κ2) is 5.49. The van der Waals surface area contributed by atoms with Gasteiger partial charge in [-0.25, -0.2) is 14.8 Å². The van der Waals surface area contributed by atoms with E-state index in [0.29, 0.717) is 10.9 Å². The lowest BCUT2D eigenvalue weighted by molar-refractivity contribution is 0.0695. The van der Waals surface area contributed by atoms with E-state index in [-0.39, 0.29) is 5.56 Å². The van der Waals surface area contributed by atoms with Crippen LogP contribution in [0.15, 0.2) is 45.0 Å². The number of hydrogen-bond acceptors (Lipinski definition) is 4. The lowest BCUT2D eigenvalue weighted by Gasteiger charge is -2.03. The van der Waals surface area contributed by atoms with Crippen LogP contribution in [0.1, 0.15) is 16.1 Å². The van der Waals surface area contributed by atoms with Gasteiger partial charge in [-0.15, -0.1) is 0 Å². The van der Waals surface area contributed by atoms with Crippen LogP contribution in [0.5, 0.6) is 0 Å². The number of carboxylic acids is 1. The van der Waals surface area contributed by atoms with Crippen molar-refractivity contribution in [2.75, 3.05) is 0 Å². The van der Waals surface area contributed by atoms with Crippen molar-refractivity contribution in [1.82, 2.24) is 9.97 Å². The van der Waals surface area contributed by atoms with Gasteiger partial charge < -0.3 is 5.11 Å². The second-order valence-corrected chi connectivity index (χ2v) is 5.47. The third-order valence-corrected chi connectivity index (χ3v) is 3.56. The molecule has 18 heavy (non-hydrogen) atoms. The molecule has 0 aliphatic rings.